The van der Waals surface area contributed by atoms with Crippen molar-refractivity contribution in [3.63, 3.8) is 0 Å². The molecule has 0 aromatic heterocycles. The molecule has 0 saturated carbocycles. The van der Waals surface area contributed by atoms with Crippen LogP contribution in [0.2, 0.25) is 0 Å². The third-order valence-electron chi connectivity index (χ3n) is 1.79. The fourth-order valence-corrected chi connectivity index (χ4v) is 1.06. The molecule has 1 aromatic rings. The summed E-state index contributed by atoms with van der Waals surface area (Å²) in [5.74, 6) is -1.21. The summed E-state index contributed by atoms with van der Waals surface area (Å²) in [5.41, 5.74) is 0.764. The summed E-state index contributed by atoms with van der Waals surface area (Å²) in [6, 6.07) is 9.33. The van der Waals surface area contributed by atoms with E-state index in [9.17, 15) is 5.11 Å². The molecule has 0 aliphatic rings. The smallest absolute Gasteiger partial charge is 0.189 e. The molecule has 13 heavy (non-hydrogen) atoms. The van der Waals surface area contributed by atoms with E-state index in [4.69, 9.17) is 4.74 Å². The summed E-state index contributed by atoms with van der Waals surface area (Å²) < 4.78 is 5.20. The van der Waals surface area contributed by atoms with Crippen molar-refractivity contribution in [3.8, 4) is 0 Å². The van der Waals surface area contributed by atoms with Gasteiger partial charge < -0.3 is 9.84 Å². The van der Waals surface area contributed by atoms with Gasteiger partial charge in [0, 0.05) is 5.56 Å². The Kier molecular flexibility index (Phi) is 3.46. The molecule has 1 atom stereocenters. The minimum atomic E-state index is -1.21. The lowest BCUT2D eigenvalue weighted by Gasteiger charge is -2.23. The summed E-state index contributed by atoms with van der Waals surface area (Å²) in [4.78, 5) is 0. The lowest BCUT2D eigenvalue weighted by atomic mass is 10.1. The maximum atomic E-state index is 9.86. The topological polar surface area (TPSA) is 29.5 Å². The molecule has 71 valence electrons. The highest BCUT2D eigenvalue weighted by Crippen LogP contribution is 2.22. The fourth-order valence-electron chi connectivity index (χ4n) is 1.06. The Bertz CT molecular complexity index is 242. The van der Waals surface area contributed by atoms with Crippen LogP contribution in [0.5, 0.6) is 0 Å². The fraction of sp³-hybridized carbons (Fsp3) is 0.364. The van der Waals surface area contributed by atoms with Crippen LogP contribution in [0.25, 0.3) is 0 Å². The first-order valence-electron chi connectivity index (χ1n) is 4.44. The first kappa shape index (κ1) is 10.2. The van der Waals surface area contributed by atoms with Crippen LogP contribution in [-0.2, 0) is 10.5 Å². The average Bonchev–Trinajstić information content (AvgIpc) is 2.16. The molecule has 2 nitrogen and oxygen atoms in total. The molecular weight excluding hydrogens is 164 g/mol. The summed E-state index contributed by atoms with van der Waals surface area (Å²) in [5, 5.41) is 9.86. The Hall–Kier alpha value is -0.860. The number of rotatable bonds is 4. The molecule has 0 aliphatic carbocycles. The van der Waals surface area contributed by atoms with E-state index in [-0.39, 0.29) is 0 Å². The van der Waals surface area contributed by atoms with Crippen molar-refractivity contribution in [1.82, 2.24) is 0 Å². The van der Waals surface area contributed by atoms with Crippen LogP contribution in [-0.4, -0.2) is 5.11 Å². The molecule has 0 heterocycles. The van der Waals surface area contributed by atoms with Gasteiger partial charge in [0.1, 0.15) is 0 Å². The summed E-state index contributed by atoms with van der Waals surface area (Å²) >= 11 is 0. The largest absolute Gasteiger partial charge is 0.362 e. The Morgan fingerprint density at radius 1 is 1.38 bits per heavy atom. The van der Waals surface area contributed by atoms with Crippen LogP contribution in [0.15, 0.2) is 30.3 Å². The van der Waals surface area contributed by atoms with Gasteiger partial charge in [0.05, 0.1) is 6.61 Å². The second-order valence-corrected chi connectivity index (χ2v) is 3.04. The van der Waals surface area contributed by atoms with Crippen molar-refractivity contribution >= 4 is 0 Å². The van der Waals surface area contributed by atoms with Crippen molar-refractivity contribution in [2.45, 2.75) is 26.1 Å². The summed E-state index contributed by atoms with van der Waals surface area (Å²) in [6.45, 7) is 5.20. The van der Waals surface area contributed by atoms with Crippen LogP contribution >= 0.6 is 0 Å². The quantitative estimate of drug-likeness (QED) is 0.719. The van der Waals surface area contributed by atoms with Crippen LogP contribution in [0.3, 0.4) is 0 Å². The van der Waals surface area contributed by atoms with E-state index >= 15 is 0 Å². The van der Waals surface area contributed by atoms with Gasteiger partial charge in [-0.1, -0.05) is 37.3 Å². The van der Waals surface area contributed by atoms with E-state index in [0.29, 0.717) is 0 Å². The molecule has 0 saturated heterocycles. The van der Waals surface area contributed by atoms with Crippen molar-refractivity contribution in [3.05, 3.63) is 42.5 Å². The molecule has 1 N–H and O–H groups in total. The second-order valence-electron chi connectivity index (χ2n) is 3.04. The van der Waals surface area contributed by atoms with Gasteiger partial charge in [0.15, 0.2) is 5.79 Å². The van der Waals surface area contributed by atoms with Gasteiger partial charge in [0.25, 0.3) is 0 Å². The Labute approximate surface area is 79.2 Å². The minimum Gasteiger partial charge on any atom is -0.362 e. The Balaban J connectivity index is 2.69. The molecule has 0 amide bonds. The number of aliphatic hydroxyl groups is 1. The highest BCUT2D eigenvalue weighted by molar-refractivity contribution is 5.19. The average molecular weight is 179 g/mol. The highest BCUT2D eigenvalue weighted by Gasteiger charge is 2.22. The molecule has 0 fully saturated rings. The van der Waals surface area contributed by atoms with Gasteiger partial charge in [-0.2, -0.15) is 0 Å². The van der Waals surface area contributed by atoms with Crippen molar-refractivity contribution in [2.75, 3.05) is 0 Å². The van der Waals surface area contributed by atoms with Gasteiger partial charge in [0.2, 0.25) is 0 Å². The maximum Gasteiger partial charge on any atom is 0.189 e. The third-order valence-corrected chi connectivity index (χ3v) is 1.79. The third kappa shape index (κ3) is 2.83. The SMILES string of the molecule is CC[CH]OC(C)(O)c1ccccc1. The van der Waals surface area contributed by atoms with Crippen LogP contribution in [0, 0.1) is 6.61 Å². The van der Waals surface area contributed by atoms with Gasteiger partial charge in [-0.15, -0.1) is 0 Å². The molecule has 1 aromatic carbocycles. The molecule has 0 spiro atoms. The summed E-state index contributed by atoms with van der Waals surface area (Å²) in [7, 11) is 0. The minimum absolute atomic E-state index is 0.764. The number of ether oxygens (including phenoxy) is 1. The van der Waals surface area contributed by atoms with E-state index < -0.39 is 5.79 Å². The van der Waals surface area contributed by atoms with Gasteiger partial charge in [-0.05, 0) is 13.3 Å². The maximum absolute atomic E-state index is 9.86. The number of hydrogen-bond donors (Lipinski definition) is 1. The summed E-state index contributed by atoms with van der Waals surface area (Å²) in [6.07, 6.45) is 0.781. The zero-order valence-corrected chi connectivity index (χ0v) is 8.03. The van der Waals surface area contributed by atoms with Gasteiger partial charge in [-0.25, -0.2) is 0 Å². The van der Waals surface area contributed by atoms with E-state index in [1.165, 1.54) is 0 Å². The molecule has 1 rings (SSSR count). The van der Waals surface area contributed by atoms with Crippen molar-refractivity contribution in [2.24, 2.45) is 0 Å². The lowest BCUT2D eigenvalue weighted by Crippen LogP contribution is -2.23. The molecule has 1 unspecified atom stereocenters. The second kappa shape index (κ2) is 4.40. The van der Waals surface area contributed by atoms with Gasteiger partial charge >= 0.3 is 0 Å². The first-order valence-corrected chi connectivity index (χ1v) is 4.44. The Morgan fingerprint density at radius 3 is 2.54 bits per heavy atom. The lowest BCUT2D eigenvalue weighted by molar-refractivity contribution is -0.176. The highest BCUT2D eigenvalue weighted by atomic mass is 16.6. The van der Waals surface area contributed by atoms with Crippen LogP contribution < -0.4 is 0 Å². The predicted octanol–water partition coefficient (Wildman–Crippen LogP) is 2.44. The van der Waals surface area contributed by atoms with Crippen LogP contribution in [0.1, 0.15) is 25.8 Å². The van der Waals surface area contributed by atoms with E-state index in [1.54, 1.807) is 13.5 Å². The standard InChI is InChI=1S/C11H15O2/c1-3-9-13-11(2,12)10-7-5-4-6-8-10/h4-9,12H,3H2,1-2H3. The number of benzene rings is 1. The van der Waals surface area contributed by atoms with E-state index in [1.807, 2.05) is 37.3 Å². The molecule has 2 heteroatoms. The normalized spacial score (nSPS) is 15.3. The number of hydrogen-bond acceptors (Lipinski definition) is 2. The predicted molar refractivity (Wildman–Crippen MR) is 51.7 cm³/mol. The first-order chi connectivity index (χ1) is 6.17. The zero-order valence-electron chi connectivity index (χ0n) is 8.03. The van der Waals surface area contributed by atoms with E-state index in [0.717, 1.165) is 12.0 Å². The Morgan fingerprint density at radius 2 is 2.00 bits per heavy atom. The molecule has 1 radical (unpaired) electrons. The monoisotopic (exact) mass is 179 g/mol. The van der Waals surface area contributed by atoms with Crippen LogP contribution in [0.4, 0.5) is 0 Å². The molecule has 0 bridgehead atoms. The molecule has 0 aliphatic heterocycles. The van der Waals surface area contributed by atoms with Crippen molar-refractivity contribution < 1.29 is 9.84 Å². The zero-order chi connectivity index (χ0) is 9.73. The van der Waals surface area contributed by atoms with Gasteiger partial charge in [-0.3, -0.25) is 0 Å². The molecular formula is C11H15O2. The van der Waals surface area contributed by atoms with Crippen molar-refractivity contribution in [1.29, 1.82) is 0 Å². The van der Waals surface area contributed by atoms with E-state index in [2.05, 4.69) is 0 Å².